The molecule has 7 nitrogen and oxygen atoms in total. The van der Waals surface area contributed by atoms with Gasteiger partial charge in [-0.1, -0.05) is 24.3 Å². The van der Waals surface area contributed by atoms with Crippen LogP contribution in [0.1, 0.15) is 30.9 Å². The number of amides is 1. The summed E-state index contributed by atoms with van der Waals surface area (Å²) in [6.45, 7) is 7.85. The van der Waals surface area contributed by atoms with E-state index in [1.807, 2.05) is 12.1 Å². The highest BCUT2D eigenvalue weighted by Gasteiger charge is 2.23. The predicted molar refractivity (Wildman–Crippen MR) is 121 cm³/mol. The molecule has 0 bridgehead atoms. The molecule has 1 aliphatic rings. The minimum atomic E-state index is -0.178. The number of carbonyl (C=O) groups is 1. The van der Waals surface area contributed by atoms with Gasteiger partial charge in [0.2, 0.25) is 5.91 Å². The van der Waals surface area contributed by atoms with Gasteiger partial charge in [0.05, 0.1) is 12.5 Å². The average Bonchev–Trinajstić information content (AvgIpc) is 3.26. The van der Waals surface area contributed by atoms with Crippen molar-refractivity contribution in [1.82, 2.24) is 20.1 Å². The largest absolute Gasteiger partial charge is 0.369 e. The normalized spacial score (nSPS) is 17.6. The molecule has 1 saturated heterocycles. The summed E-state index contributed by atoms with van der Waals surface area (Å²) in [7, 11) is 0. The third kappa shape index (κ3) is 6.91. The fraction of sp³-hybridized carbons (Fsp3) is 0.478. The van der Waals surface area contributed by atoms with Gasteiger partial charge in [0.1, 0.15) is 0 Å². The van der Waals surface area contributed by atoms with Crippen LogP contribution >= 0.6 is 0 Å². The van der Waals surface area contributed by atoms with Crippen molar-refractivity contribution in [2.45, 2.75) is 39.4 Å². The highest BCUT2D eigenvalue weighted by molar-refractivity contribution is 5.79. The van der Waals surface area contributed by atoms with Crippen molar-refractivity contribution in [3.8, 4) is 0 Å². The Bertz CT molecular complexity index is 817. The number of aromatic nitrogens is 1. The van der Waals surface area contributed by atoms with E-state index in [0.717, 1.165) is 58.1 Å². The molecule has 1 atom stereocenters. The van der Waals surface area contributed by atoms with E-state index < -0.39 is 0 Å². The van der Waals surface area contributed by atoms with Crippen LogP contribution in [0.4, 0.5) is 0 Å². The summed E-state index contributed by atoms with van der Waals surface area (Å²) in [5, 5.41) is 6.70. The molecular weight excluding hydrogens is 376 g/mol. The molecule has 0 radical (unpaired) electrons. The lowest BCUT2D eigenvalue weighted by molar-refractivity contribution is -0.123. The summed E-state index contributed by atoms with van der Waals surface area (Å²) < 4.78 is 2.14. The molecule has 4 N–H and O–H groups in total. The molecule has 162 valence electrons. The molecule has 0 spiro atoms. The number of likely N-dealkylation sites (tertiary alicyclic amines) is 1. The zero-order valence-corrected chi connectivity index (χ0v) is 17.9. The molecule has 3 rings (SSSR count). The summed E-state index contributed by atoms with van der Waals surface area (Å²) in [5.41, 5.74) is 7.94. The first kappa shape index (κ1) is 21.9. The lowest BCUT2D eigenvalue weighted by Crippen LogP contribution is -2.40. The number of guanidine groups is 1. The molecule has 0 saturated carbocycles. The Kier molecular flexibility index (Phi) is 8.32. The summed E-state index contributed by atoms with van der Waals surface area (Å²) in [4.78, 5) is 18.6. The maximum absolute atomic E-state index is 11.5. The third-order valence-corrected chi connectivity index (χ3v) is 5.40. The van der Waals surface area contributed by atoms with Crippen LogP contribution in [0, 0.1) is 5.92 Å². The second-order valence-electron chi connectivity index (χ2n) is 7.84. The average molecular weight is 411 g/mol. The lowest BCUT2D eigenvalue weighted by Gasteiger charge is -2.31. The molecule has 1 unspecified atom stereocenters. The quantitative estimate of drug-likeness (QED) is 0.435. The maximum atomic E-state index is 11.5. The molecule has 0 aliphatic carbocycles. The summed E-state index contributed by atoms with van der Waals surface area (Å²) in [6, 6.07) is 12.6. The fourth-order valence-electron chi connectivity index (χ4n) is 3.85. The Morgan fingerprint density at radius 3 is 2.77 bits per heavy atom. The number of primary amides is 1. The molecular formula is C23H34N6O. The Labute approximate surface area is 179 Å². The third-order valence-electron chi connectivity index (χ3n) is 5.40. The molecule has 1 fully saturated rings. The topological polar surface area (TPSA) is 87.7 Å². The van der Waals surface area contributed by atoms with E-state index in [-0.39, 0.29) is 11.8 Å². The van der Waals surface area contributed by atoms with E-state index >= 15 is 0 Å². The standard InChI is InChI=1S/C23H34N6O/c1-2-25-23(26-10-14-28-11-3-4-12-28)27-16-19-7-5-8-20(15-19)17-29-13-6-9-21(18-29)22(24)30/h3-5,7-8,11-12,15,21H,2,6,9-10,13-14,16-18H2,1H3,(H2,24,30)(H2,25,26,27). The van der Waals surface area contributed by atoms with Crippen LogP contribution in [0.25, 0.3) is 0 Å². The zero-order chi connectivity index (χ0) is 21.2. The summed E-state index contributed by atoms with van der Waals surface area (Å²) in [5.74, 6) is 0.630. The van der Waals surface area contributed by atoms with Crippen molar-refractivity contribution >= 4 is 11.9 Å². The van der Waals surface area contributed by atoms with Crippen LogP contribution in [0.5, 0.6) is 0 Å². The van der Waals surface area contributed by atoms with Gasteiger partial charge in [0.15, 0.2) is 5.96 Å². The van der Waals surface area contributed by atoms with E-state index in [0.29, 0.717) is 6.54 Å². The van der Waals surface area contributed by atoms with Gasteiger partial charge in [-0.2, -0.15) is 0 Å². The number of rotatable bonds is 9. The van der Waals surface area contributed by atoms with Gasteiger partial charge in [-0.3, -0.25) is 9.69 Å². The SMILES string of the molecule is CCNC(=NCc1cccc(CN2CCCC(C(N)=O)C2)c1)NCCn1cccc1. The van der Waals surface area contributed by atoms with Crippen molar-refractivity contribution in [3.63, 3.8) is 0 Å². The van der Waals surface area contributed by atoms with E-state index in [1.54, 1.807) is 0 Å². The Morgan fingerprint density at radius 1 is 1.20 bits per heavy atom. The van der Waals surface area contributed by atoms with Crippen LogP contribution in [0.15, 0.2) is 53.8 Å². The van der Waals surface area contributed by atoms with Gasteiger partial charge in [-0.25, -0.2) is 4.99 Å². The number of piperidine rings is 1. The van der Waals surface area contributed by atoms with Crippen molar-refractivity contribution < 1.29 is 4.79 Å². The number of benzene rings is 1. The van der Waals surface area contributed by atoms with Crippen molar-refractivity contribution in [3.05, 3.63) is 59.9 Å². The van der Waals surface area contributed by atoms with Gasteiger partial charge >= 0.3 is 0 Å². The lowest BCUT2D eigenvalue weighted by atomic mass is 9.97. The number of hydrogen-bond donors (Lipinski definition) is 3. The first-order valence-corrected chi connectivity index (χ1v) is 10.9. The minimum absolute atomic E-state index is 0.0215. The van der Waals surface area contributed by atoms with Gasteiger partial charge < -0.3 is 20.9 Å². The number of nitrogens with one attached hydrogen (secondary N) is 2. The summed E-state index contributed by atoms with van der Waals surface area (Å²) in [6.07, 6.45) is 6.06. The van der Waals surface area contributed by atoms with Crippen LogP contribution in [-0.4, -0.2) is 47.5 Å². The highest BCUT2D eigenvalue weighted by Crippen LogP contribution is 2.19. The second kappa shape index (κ2) is 11.4. The van der Waals surface area contributed by atoms with Gasteiger partial charge in [0.25, 0.3) is 0 Å². The van der Waals surface area contributed by atoms with Crippen LogP contribution < -0.4 is 16.4 Å². The molecule has 7 heteroatoms. The zero-order valence-electron chi connectivity index (χ0n) is 17.9. The van der Waals surface area contributed by atoms with Crippen molar-refractivity contribution in [2.24, 2.45) is 16.6 Å². The van der Waals surface area contributed by atoms with Crippen LogP contribution in [0.3, 0.4) is 0 Å². The smallest absolute Gasteiger partial charge is 0.221 e. The number of nitrogens with two attached hydrogens (primary N) is 1. The van der Waals surface area contributed by atoms with Crippen LogP contribution in [0.2, 0.25) is 0 Å². The Hall–Kier alpha value is -2.80. The number of hydrogen-bond acceptors (Lipinski definition) is 3. The van der Waals surface area contributed by atoms with Crippen LogP contribution in [-0.2, 0) is 24.4 Å². The number of carbonyl (C=O) groups excluding carboxylic acids is 1. The van der Waals surface area contributed by atoms with Gasteiger partial charge in [-0.15, -0.1) is 0 Å². The van der Waals surface area contributed by atoms with E-state index in [2.05, 4.69) is 63.7 Å². The monoisotopic (exact) mass is 410 g/mol. The molecule has 1 amide bonds. The first-order chi connectivity index (χ1) is 14.6. The molecule has 30 heavy (non-hydrogen) atoms. The predicted octanol–water partition coefficient (Wildman–Crippen LogP) is 1.94. The van der Waals surface area contributed by atoms with Crippen molar-refractivity contribution in [2.75, 3.05) is 26.2 Å². The minimum Gasteiger partial charge on any atom is -0.369 e. The maximum Gasteiger partial charge on any atom is 0.221 e. The van der Waals surface area contributed by atoms with Gasteiger partial charge in [0, 0.05) is 45.1 Å². The molecule has 1 aromatic carbocycles. The second-order valence-corrected chi connectivity index (χ2v) is 7.84. The van der Waals surface area contributed by atoms with E-state index in [9.17, 15) is 4.79 Å². The Morgan fingerprint density at radius 2 is 2.00 bits per heavy atom. The number of nitrogens with zero attached hydrogens (tertiary/aromatic N) is 3. The fourth-order valence-corrected chi connectivity index (χ4v) is 3.85. The van der Waals surface area contributed by atoms with Crippen molar-refractivity contribution in [1.29, 1.82) is 0 Å². The molecule has 2 heterocycles. The first-order valence-electron chi connectivity index (χ1n) is 10.9. The van der Waals surface area contributed by atoms with E-state index in [1.165, 1.54) is 11.1 Å². The van der Waals surface area contributed by atoms with E-state index in [4.69, 9.17) is 10.7 Å². The summed E-state index contributed by atoms with van der Waals surface area (Å²) >= 11 is 0. The van der Waals surface area contributed by atoms with Gasteiger partial charge in [-0.05, 0) is 49.6 Å². The molecule has 1 aromatic heterocycles. The Balaban J connectivity index is 1.53. The molecule has 2 aromatic rings. The number of aliphatic imine (C=N–C) groups is 1. The highest BCUT2D eigenvalue weighted by atomic mass is 16.1. The molecule has 1 aliphatic heterocycles.